The molecule has 0 amide bonds. The van der Waals surface area contributed by atoms with E-state index in [1.54, 1.807) is 0 Å². The molecule has 1 rings (SSSR count). The number of rotatable bonds is 8. The Kier molecular flexibility index (Phi) is 6.01. The van der Waals surface area contributed by atoms with Crippen molar-refractivity contribution in [3.8, 4) is 5.75 Å². The maximum absolute atomic E-state index is 9.93. The highest BCUT2D eigenvalue weighted by Gasteiger charge is 2.17. The molecule has 3 heteroatoms. The van der Waals surface area contributed by atoms with Crippen molar-refractivity contribution in [3.05, 3.63) is 30.3 Å². The molecular formula is C14H23NO2. The summed E-state index contributed by atoms with van der Waals surface area (Å²) in [6, 6.07) is 9.75. The lowest BCUT2D eigenvalue weighted by molar-refractivity contribution is 0.0494. The highest BCUT2D eigenvalue weighted by atomic mass is 16.5. The van der Waals surface area contributed by atoms with Crippen LogP contribution in [0, 0.1) is 0 Å². The van der Waals surface area contributed by atoms with Gasteiger partial charge in [-0.15, -0.1) is 0 Å². The van der Waals surface area contributed by atoms with E-state index in [2.05, 4.69) is 12.2 Å². The largest absolute Gasteiger partial charge is 0.492 e. The number of aliphatic hydroxyl groups is 1. The van der Waals surface area contributed by atoms with Gasteiger partial charge < -0.3 is 15.2 Å². The SMILES string of the molecule is CCC[C@@](C)(O)CNCCOc1ccccc1. The minimum atomic E-state index is -0.610. The van der Waals surface area contributed by atoms with Crippen molar-refractivity contribution in [2.24, 2.45) is 0 Å². The predicted molar refractivity (Wildman–Crippen MR) is 70.3 cm³/mol. The Morgan fingerprint density at radius 3 is 2.65 bits per heavy atom. The highest BCUT2D eigenvalue weighted by molar-refractivity contribution is 5.20. The number of hydrogen-bond donors (Lipinski definition) is 2. The Morgan fingerprint density at radius 2 is 2.00 bits per heavy atom. The van der Waals surface area contributed by atoms with E-state index in [1.165, 1.54) is 0 Å². The zero-order valence-corrected chi connectivity index (χ0v) is 10.8. The molecule has 0 spiro atoms. The van der Waals surface area contributed by atoms with Crippen molar-refractivity contribution in [1.82, 2.24) is 5.32 Å². The van der Waals surface area contributed by atoms with Gasteiger partial charge in [-0.05, 0) is 25.5 Å². The maximum atomic E-state index is 9.93. The highest BCUT2D eigenvalue weighted by Crippen LogP contribution is 2.10. The molecule has 2 N–H and O–H groups in total. The lowest BCUT2D eigenvalue weighted by Gasteiger charge is -2.23. The number of hydrogen-bond acceptors (Lipinski definition) is 3. The van der Waals surface area contributed by atoms with Crippen molar-refractivity contribution in [2.75, 3.05) is 19.7 Å². The van der Waals surface area contributed by atoms with Gasteiger partial charge in [-0.1, -0.05) is 31.5 Å². The molecule has 0 aliphatic heterocycles. The van der Waals surface area contributed by atoms with Crippen molar-refractivity contribution in [1.29, 1.82) is 0 Å². The minimum absolute atomic E-state index is 0.610. The normalized spacial score (nSPS) is 14.3. The van der Waals surface area contributed by atoms with E-state index >= 15 is 0 Å². The van der Waals surface area contributed by atoms with Gasteiger partial charge in [-0.25, -0.2) is 0 Å². The first kappa shape index (κ1) is 14.0. The smallest absolute Gasteiger partial charge is 0.119 e. The van der Waals surface area contributed by atoms with Crippen LogP contribution >= 0.6 is 0 Å². The molecule has 3 nitrogen and oxygen atoms in total. The number of ether oxygens (including phenoxy) is 1. The van der Waals surface area contributed by atoms with Gasteiger partial charge in [0.2, 0.25) is 0 Å². The molecule has 17 heavy (non-hydrogen) atoms. The summed E-state index contributed by atoms with van der Waals surface area (Å²) in [5, 5.41) is 13.1. The van der Waals surface area contributed by atoms with Crippen LogP contribution in [0.5, 0.6) is 5.75 Å². The molecule has 1 atom stereocenters. The fourth-order valence-electron chi connectivity index (χ4n) is 1.74. The van der Waals surface area contributed by atoms with Crippen LogP contribution in [0.4, 0.5) is 0 Å². The molecule has 0 heterocycles. The lowest BCUT2D eigenvalue weighted by Crippen LogP contribution is -2.39. The first-order chi connectivity index (χ1) is 8.14. The first-order valence-electron chi connectivity index (χ1n) is 6.25. The lowest BCUT2D eigenvalue weighted by atomic mass is 10.0. The summed E-state index contributed by atoms with van der Waals surface area (Å²) in [6.07, 6.45) is 1.81. The van der Waals surface area contributed by atoms with Gasteiger partial charge in [-0.2, -0.15) is 0 Å². The van der Waals surface area contributed by atoms with Crippen molar-refractivity contribution in [2.45, 2.75) is 32.3 Å². The second-order valence-electron chi connectivity index (χ2n) is 4.59. The predicted octanol–water partition coefficient (Wildman–Crippen LogP) is 2.21. The van der Waals surface area contributed by atoms with Crippen LogP contribution in [0.3, 0.4) is 0 Å². The van der Waals surface area contributed by atoms with Gasteiger partial charge in [0.15, 0.2) is 0 Å². The summed E-state index contributed by atoms with van der Waals surface area (Å²) in [5.41, 5.74) is -0.610. The van der Waals surface area contributed by atoms with Crippen LogP contribution in [0.2, 0.25) is 0 Å². The third-order valence-electron chi connectivity index (χ3n) is 2.59. The molecule has 0 radical (unpaired) electrons. The quantitative estimate of drug-likeness (QED) is 0.681. The molecule has 0 fully saturated rings. The van der Waals surface area contributed by atoms with Crippen LogP contribution in [0.15, 0.2) is 30.3 Å². The van der Waals surface area contributed by atoms with Gasteiger partial charge in [0, 0.05) is 13.1 Å². The van der Waals surface area contributed by atoms with Crippen LogP contribution in [0.1, 0.15) is 26.7 Å². The minimum Gasteiger partial charge on any atom is -0.492 e. The zero-order chi connectivity index (χ0) is 12.6. The van der Waals surface area contributed by atoms with Gasteiger partial charge in [0.25, 0.3) is 0 Å². The van der Waals surface area contributed by atoms with Gasteiger partial charge in [0.1, 0.15) is 12.4 Å². The molecule has 0 aromatic heterocycles. The van der Waals surface area contributed by atoms with E-state index in [0.717, 1.165) is 25.1 Å². The van der Waals surface area contributed by atoms with E-state index < -0.39 is 5.60 Å². The van der Waals surface area contributed by atoms with Crippen molar-refractivity contribution < 1.29 is 9.84 Å². The van der Waals surface area contributed by atoms with Gasteiger partial charge >= 0.3 is 0 Å². The summed E-state index contributed by atoms with van der Waals surface area (Å²) >= 11 is 0. The molecule has 0 bridgehead atoms. The Balaban J connectivity index is 2.09. The molecule has 1 aromatic rings. The fourth-order valence-corrected chi connectivity index (χ4v) is 1.74. The Bertz CT molecular complexity index is 298. The molecular weight excluding hydrogens is 214 g/mol. The summed E-state index contributed by atoms with van der Waals surface area (Å²) in [7, 11) is 0. The molecule has 0 unspecified atom stereocenters. The molecule has 0 aliphatic carbocycles. The first-order valence-corrected chi connectivity index (χ1v) is 6.25. The zero-order valence-electron chi connectivity index (χ0n) is 10.8. The number of nitrogens with one attached hydrogen (secondary N) is 1. The molecule has 0 saturated heterocycles. The molecule has 0 saturated carbocycles. The van der Waals surface area contributed by atoms with E-state index in [-0.39, 0.29) is 0 Å². The fraction of sp³-hybridized carbons (Fsp3) is 0.571. The van der Waals surface area contributed by atoms with Crippen LogP contribution in [0.25, 0.3) is 0 Å². The van der Waals surface area contributed by atoms with Crippen molar-refractivity contribution >= 4 is 0 Å². The summed E-state index contributed by atoms with van der Waals surface area (Å²) in [6.45, 7) is 5.91. The second kappa shape index (κ2) is 7.30. The van der Waals surface area contributed by atoms with E-state index in [4.69, 9.17) is 4.74 Å². The van der Waals surface area contributed by atoms with Crippen LogP contribution in [-0.4, -0.2) is 30.4 Å². The van der Waals surface area contributed by atoms with Crippen LogP contribution in [-0.2, 0) is 0 Å². The summed E-state index contributed by atoms with van der Waals surface area (Å²) in [5.74, 6) is 0.884. The second-order valence-corrected chi connectivity index (χ2v) is 4.59. The molecule has 96 valence electrons. The van der Waals surface area contributed by atoms with Gasteiger partial charge in [0.05, 0.1) is 5.60 Å². The van der Waals surface area contributed by atoms with E-state index in [1.807, 2.05) is 37.3 Å². The molecule has 1 aromatic carbocycles. The average molecular weight is 237 g/mol. The average Bonchev–Trinajstić information content (AvgIpc) is 2.30. The number of para-hydroxylation sites is 1. The van der Waals surface area contributed by atoms with E-state index in [0.29, 0.717) is 13.2 Å². The monoisotopic (exact) mass is 237 g/mol. The molecule has 0 aliphatic rings. The Labute approximate surface area is 104 Å². The third kappa shape index (κ3) is 6.29. The Hall–Kier alpha value is -1.06. The van der Waals surface area contributed by atoms with Crippen LogP contribution < -0.4 is 10.1 Å². The number of benzene rings is 1. The topological polar surface area (TPSA) is 41.5 Å². The third-order valence-corrected chi connectivity index (χ3v) is 2.59. The van der Waals surface area contributed by atoms with Gasteiger partial charge in [-0.3, -0.25) is 0 Å². The Morgan fingerprint density at radius 1 is 1.29 bits per heavy atom. The summed E-state index contributed by atoms with van der Waals surface area (Å²) < 4.78 is 5.54. The van der Waals surface area contributed by atoms with Crippen molar-refractivity contribution in [3.63, 3.8) is 0 Å². The maximum Gasteiger partial charge on any atom is 0.119 e. The standard InChI is InChI=1S/C14H23NO2/c1-3-9-14(2,16)12-15-10-11-17-13-7-5-4-6-8-13/h4-8,15-16H,3,9-12H2,1-2H3/t14-/m1/s1. The van der Waals surface area contributed by atoms with E-state index in [9.17, 15) is 5.11 Å². The summed E-state index contributed by atoms with van der Waals surface area (Å²) in [4.78, 5) is 0.